The van der Waals surface area contributed by atoms with E-state index in [1.165, 1.54) is 9.80 Å². The van der Waals surface area contributed by atoms with E-state index in [9.17, 15) is 4.79 Å². The van der Waals surface area contributed by atoms with Gasteiger partial charge >= 0.3 is 0 Å². The molecule has 0 aliphatic carbocycles. The highest BCUT2D eigenvalue weighted by Gasteiger charge is 2.09. The molecule has 0 aliphatic rings. The first-order chi connectivity index (χ1) is 14.5. The monoisotopic (exact) mass is 430 g/mol. The summed E-state index contributed by atoms with van der Waals surface area (Å²) in [7, 11) is 5.04. The van der Waals surface area contributed by atoms with E-state index >= 15 is 0 Å². The number of rotatable bonds is 10. The van der Waals surface area contributed by atoms with Crippen LogP contribution in [0.1, 0.15) is 6.92 Å². The number of nitrogens with zero attached hydrogens (tertiary/aromatic N) is 2. The molecule has 0 aliphatic heterocycles. The fourth-order valence-corrected chi connectivity index (χ4v) is 3.23. The predicted octanol–water partition coefficient (Wildman–Crippen LogP) is 3.33. The molecule has 0 aromatic heterocycles. The summed E-state index contributed by atoms with van der Waals surface area (Å²) < 4.78 is 11.0. The molecule has 0 radical (unpaired) electrons. The van der Waals surface area contributed by atoms with Gasteiger partial charge < -0.3 is 25.0 Å². The summed E-state index contributed by atoms with van der Waals surface area (Å²) in [5, 5.41) is 6.53. The largest absolute Gasteiger partial charge is 0.493 e. The molecule has 0 spiro atoms. The van der Waals surface area contributed by atoms with Gasteiger partial charge in [-0.05, 0) is 31.2 Å². The Morgan fingerprint density at radius 1 is 1.13 bits per heavy atom. The lowest BCUT2D eigenvalue weighted by Crippen LogP contribution is -2.34. The Labute approximate surface area is 182 Å². The quantitative estimate of drug-likeness (QED) is 0.261. The summed E-state index contributed by atoms with van der Waals surface area (Å²) in [6.45, 7) is 3.21. The minimum Gasteiger partial charge on any atom is -0.493 e. The molecule has 0 saturated carbocycles. The van der Waals surface area contributed by atoms with Crippen LogP contribution in [0.4, 0.5) is 5.69 Å². The maximum Gasteiger partial charge on any atom is 0.243 e. The number of methoxy groups -OCH3 is 1. The number of amides is 1. The van der Waals surface area contributed by atoms with E-state index in [2.05, 4.69) is 27.8 Å². The molecule has 162 valence electrons. The molecule has 0 saturated heterocycles. The van der Waals surface area contributed by atoms with Crippen molar-refractivity contribution in [2.24, 2.45) is 4.99 Å². The normalized spacial score (nSPS) is 11.0. The van der Waals surface area contributed by atoms with E-state index in [0.29, 0.717) is 30.6 Å². The number of nitrogens with one attached hydrogen (secondary N) is 2. The number of carbonyl (C=O) groups excluding carboxylic acids is 1. The summed E-state index contributed by atoms with van der Waals surface area (Å²) >= 11 is 1.75. The number of thioether (sulfide) groups is 1. The number of anilines is 1. The average molecular weight is 431 g/mol. The number of hydrogen-bond donors (Lipinski definition) is 2. The second-order valence-electron chi connectivity index (χ2n) is 6.46. The lowest BCUT2D eigenvalue weighted by atomic mass is 10.2. The number of aliphatic imine (C=N–C) groups is 1. The van der Waals surface area contributed by atoms with Crippen molar-refractivity contribution in [3.05, 3.63) is 48.5 Å². The van der Waals surface area contributed by atoms with Crippen LogP contribution in [0.25, 0.3) is 0 Å². The summed E-state index contributed by atoms with van der Waals surface area (Å²) in [5.41, 5.74) is 0.790. The zero-order valence-electron chi connectivity index (χ0n) is 18.0. The second-order valence-corrected chi connectivity index (χ2v) is 7.63. The van der Waals surface area contributed by atoms with Crippen molar-refractivity contribution in [3.63, 3.8) is 0 Å². The molecular formula is C22H30N4O3S. The van der Waals surface area contributed by atoms with Gasteiger partial charge in [0.15, 0.2) is 17.5 Å². The highest BCUT2D eigenvalue weighted by Crippen LogP contribution is 2.30. The van der Waals surface area contributed by atoms with Gasteiger partial charge in [0, 0.05) is 43.0 Å². The van der Waals surface area contributed by atoms with Crippen molar-refractivity contribution < 1.29 is 14.3 Å². The van der Waals surface area contributed by atoms with Crippen molar-refractivity contribution in [2.75, 3.05) is 52.0 Å². The van der Waals surface area contributed by atoms with Crippen molar-refractivity contribution in [2.45, 2.75) is 11.8 Å². The zero-order chi connectivity index (χ0) is 21.8. The van der Waals surface area contributed by atoms with Crippen LogP contribution >= 0.6 is 11.8 Å². The zero-order valence-corrected chi connectivity index (χ0v) is 18.8. The fourth-order valence-electron chi connectivity index (χ4n) is 2.44. The van der Waals surface area contributed by atoms with E-state index < -0.39 is 0 Å². The first-order valence-corrected chi connectivity index (χ1v) is 10.8. The Hall–Kier alpha value is -2.87. The molecular weight excluding hydrogens is 400 g/mol. The molecule has 2 N–H and O–H groups in total. The average Bonchev–Trinajstić information content (AvgIpc) is 2.75. The van der Waals surface area contributed by atoms with E-state index in [1.807, 2.05) is 43.3 Å². The van der Waals surface area contributed by atoms with Crippen molar-refractivity contribution in [1.82, 2.24) is 10.2 Å². The molecule has 0 bridgehead atoms. The van der Waals surface area contributed by atoms with Gasteiger partial charge in [0.1, 0.15) is 6.54 Å². The van der Waals surface area contributed by atoms with Gasteiger partial charge in [-0.2, -0.15) is 0 Å². The molecule has 2 rings (SSSR count). The lowest BCUT2D eigenvalue weighted by molar-refractivity contribution is -0.127. The predicted molar refractivity (Wildman–Crippen MR) is 124 cm³/mol. The topological polar surface area (TPSA) is 75.2 Å². The molecule has 0 heterocycles. The first-order valence-electron chi connectivity index (χ1n) is 9.77. The number of likely N-dealkylation sites (N-methyl/N-ethyl adjacent to an activating group) is 1. The summed E-state index contributed by atoms with van der Waals surface area (Å²) in [6, 6.07) is 15.8. The van der Waals surface area contributed by atoms with Gasteiger partial charge in [-0.15, -0.1) is 11.8 Å². The van der Waals surface area contributed by atoms with Crippen LogP contribution in [0.3, 0.4) is 0 Å². The van der Waals surface area contributed by atoms with Crippen molar-refractivity contribution in [3.8, 4) is 11.5 Å². The van der Waals surface area contributed by atoms with Crippen LogP contribution in [0, 0.1) is 0 Å². The maximum atomic E-state index is 12.0. The Morgan fingerprint density at radius 3 is 2.57 bits per heavy atom. The molecule has 2 aromatic carbocycles. The van der Waals surface area contributed by atoms with Gasteiger partial charge in [-0.3, -0.25) is 4.79 Å². The van der Waals surface area contributed by atoms with Crippen LogP contribution in [-0.2, 0) is 4.79 Å². The molecule has 0 fully saturated rings. The van der Waals surface area contributed by atoms with E-state index in [1.54, 1.807) is 33.0 Å². The number of guanidine groups is 1. The number of benzene rings is 2. The SMILES string of the molecule is CCOc1cc(NC(=NCC(=O)N(C)C)NCCSc2ccccc2)ccc1OC. The molecule has 8 heteroatoms. The Bertz CT molecular complexity index is 828. The summed E-state index contributed by atoms with van der Waals surface area (Å²) in [5.74, 6) is 2.63. The van der Waals surface area contributed by atoms with Crippen LogP contribution in [0.2, 0.25) is 0 Å². The van der Waals surface area contributed by atoms with Gasteiger partial charge in [0.25, 0.3) is 0 Å². The van der Waals surface area contributed by atoms with Crippen LogP contribution < -0.4 is 20.1 Å². The Kier molecular flexibility index (Phi) is 9.86. The van der Waals surface area contributed by atoms with Gasteiger partial charge in [-0.1, -0.05) is 18.2 Å². The highest BCUT2D eigenvalue weighted by molar-refractivity contribution is 7.99. The van der Waals surface area contributed by atoms with E-state index in [-0.39, 0.29) is 12.5 Å². The standard InChI is InChI=1S/C22H30N4O3S/c1-5-29-20-15-17(11-12-19(20)28-4)25-22(24-16-21(27)26(2)3)23-13-14-30-18-9-7-6-8-10-18/h6-12,15H,5,13-14,16H2,1-4H3,(H2,23,24,25). The lowest BCUT2D eigenvalue weighted by Gasteiger charge is -2.15. The molecule has 7 nitrogen and oxygen atoms in total. The second kappa shape index (κ2) is 12.6. The van der Waals surface area contributed by atoms with Gasteiger partial charge in [0.05, 0.1) is 13.7 Å². The number of ether oxygens (including phenoxy) is 2. The summed E-state index contributed by atoms with van der Waals surface area (Å²) in [6.07, 6.45) is 0. The third-order valence-corrected chi connectivity index (χ3v) is 5.02. The van der Waals surface area contributed by atoms with Crippen molar-refractivity contribution >= 4 is 29.3 Å². The number of hydrogen-bond acceptors (Lipinski definition) is 5. The minimum absolute atomic E-state index is 0.0582. The molecule has 0 unspecified atom stereocenters. The molecule has 2 aromatic rings. The minimum atomic E-state index is -0.0699. The van der Waals surface area contributed by atoms with Gasteiger partial charge in [-0.25, -0.2) is 4.99 Å². The molecule has 1 amide bonds. The Balaban J connectivity index is 2.04. The highest BCUT2D eigenvalue weighted by atomic mass is 32.2. The third-order valence-electron chi connectivity index (χ3n) is 4.00. The van der Waals surface area contributed by atoms with E-state index in [0.717, 1.165) is 11.4 Å². The van der Waals surface area contributed by atoms with Crippen LogP contribution in [0.5, 0.6) is 11.5 Å². The fraction of sp³-hybridized carbons (Fsp3) is 0.364. The van der Waals surface area contributed by atoms with Crippen molar-refractivity contribution in [1.29, 1.82) is 0 Å². The third kappa shape index (κ3) is 7.87. The van der Waals surface area contributed by atoms with Crippen LogP contribution in [-0.4, -0.2) is 63.4 Å². The van der Waals surface area contributed by atoms with Gasteiger partial charge in [0.2, 0.25) is 5.91 Å². The summed E-state index contributed by atoms with van der Waals surface area (Å²) in [4.78, 5) is 19.1. The van der Waals surface area contributed by atoms with Crippen LogP contribution in [0.15, 0.2) is 58.4 Å². The van der Waals surface area contributed by atoms with E-state index in [4.69, 9.17) is 9.47 Å². The number of carbonyl (C=O) groups is 1. The molecule has 30 heavy (non-hydrogen) atoms. The smallest absolute Gasteiger partial charge is 0.243 e. The molecule has 0 atom stereocenters. The first kappa shape index (κ1) is 23.4. The maximum absolute atomic E-state index is 12.0. The Morgan fingerprint density at radius 2 is 1.90 bits per heavy atom.